The molecule has 100 valence electrons. The molecule has 0 amide bonds. The Balaban J connectivity index is 4.91. The van der Waals surface area contributed by atoms with Gasteiger partial charge in [-0.25, -0.2) is 4.79 Å². The Morgan fingerprint density at radius 1 is 1.12 bits per heavy atom. The highest BCUT2D eigenvalue weighted by Crippen LogP contribution is 2.21. The first-order valence-corrected chi connectivity index (χ1v) is 12.9. The zero-order valence-electron chi connectivity index (χ0n) is 12.5. The molecule has 0 N–H and O–H groups in total. The van der Waals surface area contributed by atoms with E-state index in [-0.39, 0.29) is 5.97 Å². The van der Waals surface area contributed by atoms with Crippen LogP contribution in [0.5, 0.6) is 0 Å². The Hall–Kier alpha value is -0.396. The van der Waals surface area contributed by atoms with Gasteiger partial charge in [0.1, 0.15) is 16.5 Å². The van der Waals surface area contributed by atoms with E-state index in [0.717, 1.165) is 12.1 Å². The van der Waals surface area contributed by atoms with Gasteiger partial charge in [-0.2, -0.15) is 0 Å². The third-order valence-corrected chi connectivity index (χ3v) is 10.2. The molecule has 5 heteroatoms. The molecule has 0 aromatic heterocycles. The van der Waals surface area contributed by atoms with Crippen LogP contribution in [0.3, 0.4) is 0 Å². The van der Waals surface area contributed by atoms with Crippen molar-refractivity contribution in [2.24, 2.45) is 0 Å². The first-order chi connectivity index (χ1) is 7.48. The van der Waals surface area contributed by atoms with Crippen LogP contribution in [-0.4, -0.2) is 40.3 Å². The molecule has 0 saturated carbocycles. The van der Waals surface area contributed by atoms with E-state index in [9.17, 15) is 4.79 Å². The van der Waals surface area contributed by atoms with E-state index in [1.807, 2.05) is 6.92 Å². The van der Waals surface area contributed by atoms with Crippen LogP contribution >= 0.6 is 0 Å². The number of hydrogen-bond acceptors (Lipinski definition) is 3. The summed E-state index contributed by atoms with van der Waals surface area (Å²) in [6, 6.07) is 0. The summed E-state index contributed by atoms with van der Waals surface area (Å²) in [7, 11) is -1.27. The van der Waals surface area contributed by atoms with Crippen LogP contribution in [0.25, 0.3) is 0 Å². The van der Waals surface area contributed by atoms with Crippen LogP contribution in [0.2, 0.25) is 39.3 Å². The molecule has 0 aromatic rings. The first-order valence-electron chi connectivity index (χ1n) is 6.01. The third-order valence-electron chi connectivity index (χ3n) is 2.59. The molecule has 0 fully saturated rings. The Morgan fingerprint density at radius 3 is 1.82 bits per heavy atom. The molecule has 0 heterocycles. The van der Waals surface area contributed by atoms with Crippen molar-refractivity contribution in [3.8, 4) is 0 Å². The van der Waals surface area contributed by atoms with Gasteiger partial charge in [0.05, 0.1) is 7.11 Å². The lowest BCUT2D eigenvalue weighted by Gasteiger charge is -2.43. The number of esters is 1. The maximum Gasteiger partial charge on any atom is 0.330 e. The average Bonchev–Trinajstić information content (AvgIpc) is 2.10. The quantitative estimate of drug-likeness (QED) is 0.438. The molecule has 0 saturated heterocycles. The van der Waals surface area contributed by atoms with E-state index in [2.05, 4.69) is 48.2 Å². The van der Waals surface area contributed by atoms with Gasteiger partial charge in [0.2, 0.25) is 0 Å². The summed E-state index contributed by atoms with van der Waals surface area (Å²) in [6.45, 7) is 17.0. The normalized spacial score (nSPS) is 14.1. The smallest absolute Gasteiger partial charge is 0.330 e. The van der Waals surface area contributed by atoms with Gasteiger partial charge in [0, 0.05) is 12.6 Å². The minimum Gasteiger partial charge on any atom is -0.466 e. The molecule has 0 aromatic carbocycles. The highest BCUT2D eigenvalue weighted by molar-refractivity contribution is 6.89. The van der Waals surface area contributed by atoms with Crippen molar-refractivity contribution in [3.63, 3.8) is 0 Å². The minimum atomic E-state index is -1.34. The lowest BCUT2D eigenvalue weighted by atomic mass is 10.3. The molecular weight excluding hydrogens is 246 g/mol. The molecule has 17 heavy (non-hydrogen) atoms. The van der Waals surface area contributed by atoms with Gasteiger partial charge in [-0.3, -0.25) is 0 Å². The van der Waals surface area contributed by atoms with E-state index in [0.29, 0.717) is 0 Å². The van der Waals surface area contributed by atoms with Crippen LogP contribution < -0.4 is 0 Å². The highest BCUT2D eigenvalue weighted by atomic mass is 28.4. The van der Waals surface area contributed by atoms with Crippen molar-refractivity contribution in [2.45, 2.75) is 46.2 Å². The van der Waals surface area contributed by atoms with Gasteiger partial charge in [-0.05, 0) is 6.92 Å². The van der Waals surface area contributed by atoms with E-state index in [1.54, 1.807) is 6.08 Å². The molecule has 0 aliphatic heterocycles. The summed E-state index contributed by atoms with van der Waals surface area (Å²) >= 11 is 0. The molecule has 0 radical (unpaired) electrons. The van der Waals surface area contributed by atoms with Gasteiger partial charge in [-0.15, -0.1) is 0 Å². The van der Waals surface area contributed by atoms with Gasteiger partial charge in [0.25, 0.3) is 0 Å². The molecule has 0 aliphatic carbocycles. The molecule has 3 nitrogen and oxygen atoms in total. The zero-order valence-corrected chi connectivity index (χ0v) is 14.5. The number of carbonyl (C=O) groups excluding carboxylic acids is 1. The van der Waals surface area contributed by atoms with Gasteiger partial charge in [0.15, 0.2) is 0 Å². The minimum absolute atomic E-state index is 0.256. The van der Waals surface area contributed by atoms with Crippen LogP contribution in [0.4, 0.5) is 0 Å². The monoisotopic (exact) mass is 273 g/mol. The maximum atomic E-state index is 11.2. The molecule has 0 aliphatic rings. The molecular formula is C12H27NO2Si2. The zero-order chi connectivity index (χ0) is 13.9. The molecule has 0 rings (SSSR count). The van der Waals surface area contributed by atoms with Crippen molar-refractivity contribution in [1.82, 2.24) is 4.23 Å². The summed E-state index contributed by atoms with van der Waals surface area (Å²) in [5.41, 5.74) is 1.08. The predicted octanol–water partition coefficient (Wildman–Crippen LogP) is 3.08. The van der Waals surface area contributed by atoms with E-state index >= 15 is 0 Å². The number of hydrogen-bond donors (Lipinski definition) is 0. The number of rotatable bonds is 5. The van der Waals surface area contributed by atoms with E-state index < -0.39 is 16.5 Å². The van der Waals surface area contributed by atoms with Gasteiger partial charge < -0.3 is 8.97 Å². The molecule has 0 atom stereocenters. The standard InChI is InChI=1S/C12H27NO2Si2/c1-11(9-12(14)15-2)10-13(16(3,4)5)17(6,7)8/h9H,10H2,1-8H3/b11-9+. The second-order valence-electron chi connectivity index (χ2n) is 6.44. The topological polar surface area (TPSA) is 29.5 Å². The van der Waals surface area contributed by atoms with E-state index in [1.165, 1.54) is 7.11 Å². The van der Waals surface area contributed by atoms with Crippen molar-refractivity contribution in [1.29, 1.82) is 0 Å². The van der Waals surface area contributed by atoms with Crippen molar-refractivity contribution < 1.29 is 9.53 Å². The van der Waals surface area contributed by atoms with Gasteiger partial charge >= 0.3 is 5.97 Å². The molecule has 0 spiro atoms. The predicted molar refractivity (Wildman–Crippen MR) is 79.2 cm³/mol. The number of methoxy groups -OCH3 is 1. The summed E-state index contributed by atoms with van der Waals surface area (Å²) in [4.78, 5) is 11.2. The molecule has 0 unspecified atom stereocenters. The summed E-state index contributed by atoms with van der Waals surface area (Å²) in [5.74, 6) is -0.256. The second kappa shape index (κ2) is 5.97. The SMILES string of the molecule is COC(=O)/C=C(\C)CN([Si](C)(C)C)[Si](C)(C)C. The summed E-state index contributed by atoms with van der Waals surface area (Å²) < 4.78 is 7.31. The van der Waals surface area contributed by atoms with Crippen LogP contribution in [0, 0.1) is 0 Å². The fraction of sp³-hybridized carbons (Fsp3) is 0.750. The Kier molecular flexibility index (Phi) is 5.83. The summed E-state index contributed by atoms with van der Waals surface area (Å²) in [5, 5.41) is 0. The Labute approximate surface area is 108 Å². The van der Waals surface area contributed by atoms with Crippen LogP contribution in [-0.2, 0) is 9.53 Å². The maximum absolute atomic E-state index is 11.2. The van der Waals surface area contributed by atoms with Gasteiger partial charge in [-0.1, -0.05) is 44.9 Å². The largest absolute Gasteiger partial charge is 0.466 e. The number of carbonyl (C=O) groups is 1. The van der Waals surface area contributed by atoms with Crippen molar-refractivity contribution in [3.05, 3.63) is 11.6 Å². The number of ether oxygens (including phenoxy) is 1. The summed E-state index contributed by atoms with van der Waals surface area (Å²) in [6.07, 6.45) is 1.60. The van der Waals surface area contributed by atoms with Crippen LogP contribution in [0.15, 0.2) is 11.6 Å². The highest BCUT2D eigenvalue weighted by Gasteiger charge is 2.34. The van der Waals surface area contributed by atoms with E-state index in [4.69, 9.17) is 0 Å². The lowest BCUT2D eigenvalue weighted by molar-refractivity contribution is -0.134. The van der Waals surface area contributed by atoms with Crippen molar-refractivity contribution in [2.75, 3.05) is 13.7 Å². The average molecular weight is 274 g/mol. The second-order valence-corrected chi connectivity index (χ2v) is 16.7. The fourth-order valence-corrected chi connectivity index (χ4v) is 11.5. The fourth-order valence-electron chi connectivity index (χ4n) is 2.04. The first kappa shape index (κ1) is 16.6. The Bertz CT molecular complexity index is 287. The third kappa shape index (κ3) is 6.19. The Morgan fingerprint density at radius 2 is 1.53 bits per heavy atom. The van der Waals surface area contributed by atoms with Crippen molar-refractivity contribution >= 4 is 22.4 Å². The number of nitrogens with zero attached hydrogens (tertiary/aromatic N) is 1. The van der Waals surface area contributed by atoms with Crippen LogP contribution in [0.1, 0.15) is 6.92 Å². The lowest BCUT2D eigenvalue weighted by Crippen LogP contribution is -2.59. The molecule has 0 bridgehead atoms.